The molecule has 10 nitrogen and oxygen atoms in total. The summed E-state index contributed by atoms with van der Waals surface area (Å²) in [5.41, 5.74) is 0.158. The first-order valence-corrected chi connectivity index (χ1v) is 9.61. The molecule has 11 heteroatoms. The van der Waals surface area contributed by atoms with E-state index in [1.54, 1.807) is 6.07 Å². The Kier molecular flexibility index (Phi) is 10.3. The lowest BCUT2D eigenvalue weighted by atomic mass is 9.87. The smallest absolute Gasteiger partial charge is 0.328 e. The van der Waals surface area contributed by atoms with Crippen LogP contribution in [0.2, 0.25) is 0 Å². The number of carbonyl (C=O) groups excluding carboxylic acids is 5. The van der Waals surface area contributed by atoms with Crippen LogP contribution in [0.5, 0.6) is 0 Å². The highest BCUT2D eigenvalue weighted by Gasteiger charge is 2.43. The number of hydrogen-bond acceptors (Lipinski definition) is 8. The van der Waals surface area contributed by atoms with Crippen molar-refractivity contribution in [2.24, 2.45) is 11.8 Å². The molecule has 0 aliphatic heterocycles. The summed E-state index contributed by atoms with van der Waals surface area (Å²) in [7, 11) is 3.17. The lowest BCUT2D eigenvalue weighted by Gasteiger charge is -2.28. The van der Waals surface area contributed by atoms with Gasteiger partial charge >= 0.3 is 17.9 Å². The Hall–Kier alpha value is -3.50. The van der Waals surface area contributed by atoms with Gasteiger partial charge in [0.2, 0.25) is 11.8 Å². The van der Waals surface area contributed by atoms with Crippen molar-refractivity contribution < 1.29 is 42.6 Å². The maximum absolute atomic E-state index is 14.1. The maximum atomic E-state index is 14.1. The van der Waals surface area contributed by atoms with E-state index in [9.17, 15) is 28.4 Å². The number of esters is 3. The summed E-state index contributed by atoms with van der Waals surface area (Å²) in [6, 6.07) is 2.96. The van der Waals surface area contributed by atoms with Crippen molar-refractivity contribution >= 4 is 29.7 Å². The first-order valence-electron chi connectivity index (χ1n) is 9.61. The molecule has 2 amide bonds. The first-order chi connectivity index (χ1) is 15.1. The Morgan fingerprint density at radius 2 is 1.44 bits per heavy atom. The van der Waals surface area contributed by atoms with Crippen molar-refractivity contribution in [2.45, 2.75) is 32.4 Å². The van der Waals surface area contributed by atoms with Crippen molar-refractivity contribution in [1.29, 1.82) is 0 Å². The number of hydrogen-bond donors (Lipinski definition) is 2. The molecule has 176 valence electrons. The molecule has 0 bridgehead atoms. The topological polar surface area (TPSA) is 137 Å². The molecule has 0 fully saturated rings. The van der Waals surface area contributed by atoms with Crippen LogP contribution >= 0.6 is 0 Å². The fourth-order valence-corrected chi connectivity index (χ4v) is 3.10. The largest absolute Gasteiger partial charge is 0.468 e. The third kappa shape index (κ3) is 7.03. The normalized spacial score (nSPS) is 13.3. The molecule has 0 saturated carbocycles. The minimum atomic E-state index is -1.54. The van der Waals surface area contributed by atoms with Gasteiger partial charge in [-0.1, -0.05) is 25.1 Å². The minimum absolute atomic E-state index is 0.158. The summed E-state index contributed by atoms with van der Waals surface area (Å²) in [6.07, 6.45) is -0.211. The second-order valence-electron chi connectivity index (χ2n) is 6.94. The van der Waals surface area contributed by atoms with E-state index in [0.29, 0.717) is 0 Å². The number of ether oxygens (including phenoxy) is 3. The van der Waals surface area contributed by atoms with Gasteiger partial charge in [-0.05, 0) is 11.6 Å². The second kappa shape index (κ2) is 12.4. The summed E-state index contributed by atoms with van der Waals surface area (Å²) >= 11 is 0. The van der Waals surface area contributed by atoms with Gasteiger partial charge < -0.3 is 24.8 Å². The zero-order valence-corrected chi connectivity index (χ0v) is 18.5. The van der Waals surface area contributed by atoms with Gasteiger partial charge in [-0.25, -0.2) is 9.18 Å². The molecular weight excluding hydrogens is 427 g/mol. The third-order valence-electron chi connectivity index (χ3n) is 4.79. The van der Waals surface area contributed by atoms with E-state index in [4.69, 9.17) is 4.74 Å². The minimum Gasteiger partial charge on any atom is -0.468 e. The number of carbonyl (C=O) groups is 5. The zero-order chi connectivity index (χ0) is 24.4. The number of halogens is 1. The molecule has 0 heterocycles. The van der Waals surface area contributed by atoms with Crippen molar-refractivity contribution in [1.82, 2.24) is 10.6 Å². The average molecular weight is 454 g/mol. The van der Waals surface area contributed by atoms with Gasteiger partial charge in [-0.15, -0.1) is 0 Å². The maximum Gasteiger partial charge on any atom is 0.328 e. The van der Waals surface area contributed by atoms with Gasteiger partial charge in [0.25, 0.3) is 0 Å². The van der Waals surface area contributed by atoms with Crippen LogP contribution in [0, 0.1) is 17.7 Å². The van der Waals surface area contributed by atoms with E-state index in [-0.39, 0.29) is 12.0 Å². The average Bonchev–Trinajstić information content (AvgIpc) is 2.76. The van der Waals surface area contributed by atoms with Crippen LogP contribution in [0.4, 0.5) is 4.39 Å². The number of rotatable bonds is 10. The number of amides is 2. The SMILES string of the molecule is COC(=O)C(C(=O)OC)[C@@H](C)[C@@H](NC(=O)[C@H](Cc1ccccc1F)NC(C)=O)C(=O)OC. The molecule has 1 rings (SSSR count). The highest BCUT2D eigenvalue weighted by molar-refractivity contribution is 5.97. The van der Waals surface area contributed by atoms with Crippen molar-refractivity contribution in [3.05, 3.63) is 35.6 Å². The summed E-state index contributed by atoms with van der Waals surface area (Å²) < 4.78 is 28.0. The molecule has 3 atom stereocenters. The van der Waals surface area contributed by atoms with Crippen LogP contribution in [0.3, 0.4) is 0 Å². The Morgan fingerprint density at radius 1 is 0.906 bits per heavy atom. The fraction of sp³-hybridized carbons (Fsp3) is 0.476. The lowest BCUT2D eigenvalue weighted by Crippen LogP contribution is -2.56. The summed E-state index contributed by atoms with van der Waals surface area (Å²) in [5.74, 6) is -7.57. The van der Waals surface area contributed by atoms with E-state index in [1.165, 1.54) is 32.0 Å². The van der Waals surface area contributed by atoms with E-state index >= 15 is 0 Å². The van der Waals surface area contributed by atoms with Crippen LogP contribution in [-0.4, -0.2) is 63.1 Å². The second-order valence-corrected chi connectivity index (χ2v) is 6.94. The van der Waals surface area contributed by atoms with Crippen LogP contribution in [0.15, 0.2) is 24.3 Å². The molecule has 0 unspecified atom stereocenters. The molecule has 1 aromatic carbocycles. The molecular formula is C21H27FN2O8. The van der Waals surface area contributed by atoms with Gasteiger partial charge in [-0.2, -0.15) is 0 Å². The van der Waals surface area contributed by atoms with E-state index in [2.05, 4.69) is 20.1 Å². The van der Waals surface area contributed by atoms with E-state index in [0.717, 1.165) is 21.3 Å². The van der Waals surface area contributed by atoms with E-state index in [1.807, 2.05) is 0 Å². The molecule has 0 aromatic heterocycles. The Bertz CT molecular complexity index is 844. The lowest BCUT2D eigenvalue weighted by molar-refractivity contribution is -0.163. The van der Waals surface area contributed by atoms with Gasteiger partial charge in [0.05, 0.1) is 21.3 Å². The molecule has 0 spiro atoms. The number of methoxy groups -OCH3 is 3. The molecule has 0 aliphatic carbocycles. The third-order valence-corrected chi connectivity index (χ3v) is 4.79. The van der Waals surface area contributed by atoms with E-state index < -0.39 is 59.5 Å². The van der Waals surface area contributed by atoms with Gasteiger partial charge in [-0.3, -0.25) is 19.2 Å². The Morgan fingerprint density at radius 3 is 1.91 bits per heavy atom. The predicted octanol–water partition coefficient (Wildman–Crippen LogP) is 0.129. The van der Waals surface area contributed by atoms with Crippen LogP contribution in [0.1, 0.15) is 19.4 Å². The van der Waals surface area contributed by atoms with Gasteiger partial charge in [0, 0.05) is 19.3 Å². The monoisotopic (exact) mass is 454 g/mol. The summed E-state index contributed by atoms with van der Waals surface area (Å²) in [4.78, 5) is 61.2. The van der Waals surface area contributed by atoms with Crippen molar-refractivity contribution in [3.63, 3.8) is 0 Å². The quantitative estimate of drug-likeness (QED) is 0.289. The molecule has 2 N–H and O–H groups in total. The van der Waals surface area contributed by atoms with Crippen molar-refractivity contribution in [3.8, 4) is 0 Å². The number of benzene rings is 1. The van der Waals surface area contributed by atoms with Crippen LogP contribution in [0.25, 0.3) is 0 Å². The first kappa shape index (κ1) is 26.5. The molecule has 0 saturated heterocycles. The van der Waals surface area contributed by atoms with Crippen molar-refractivity contribution in [2.75, 3.05) is 21.3 Å². The zero-order valence-electron chi connectivity index (χ0n) is 18.5. The van der Waals surface area contributed by atoms with Crippen LogP contribution in [-0.2, 0) is 44.6 Å². The predicted molar refractivity (Wildman–Crippen MR) is 108 cm³/mol. The highest BCUT2D eigenvalue weighted by Crippen LogP contribution is 2.21. The Balaban J connectivity index is 3.23. The Labute approximate surface area is 184 Å². The highest BCUT2D eigenvalue weighted by atomic mass is 19.1. The standard InChI is InChI=1S/C21H27FN2O8/c1-11(16(19(27)30-3)20(28)31-4)17(21(29)32-5)24-18(26)15(23-12(2)25)10-13-8-6-7-9-14(13)22/h6-9,11,15-17H,10H2,1-5H3,(H,23,25)(H,24,26)/t11-,15+,17-/m1/s1. The molecule has 0 radical (unpaired) electrons. The summed E-state index contributed by atoms with van der Waals surface area (Å²) in [5, 5.41) is 4.79. The fourth-order valence-electron chi connectivity index (χ4n) is 3.10. The van der Waals surface area contributed by atoms with Gasteiger partial charge in [0.15, 0.2) is 5.92 Å². The molecule has 1 aromatic rings. The molecule has 32 heavy (non-hydrogen) atoms. The molecule has 0 aliphatic rings. The van der Waals surface area contributed by atoms with Gasteiger partial charge in [0.1, 0.15) is 17.9 Å². The van der Waals surface area contributed by atoms with Crippen LogP contribution < -0.4 is 10.6 Å². The summed E-state index contributed by atoms with van der Waals surface area (Å²) in [6.45, 7) is 2.53. The number of nitrogens with one attached hydrogen (secondary N) is 2.